The van der Waals surface area contributed by atoms with Gasteiger partial charge in [0.25, 0.3) is 5.91 Å². The molecule has 0 saturated carbocycles. The number of amides is 2. The van der Waals surface area contributed by atoms with E-state index in [4.69, 9.17) is 0 Å². The highest BCUT2D eigenvalue weighted by molar-refractivity contribution is 6.07. The summed E-state index contributed by atoms with van der Waals surface area (Å²) >= 11 is 0. The molecule has 4 rings (SSSR count). The van der Waals surface area contributed by atoms with Crippen molar-refractivity contribution in [3.8, 4) is 0 Å². The van der Waals surface area contributed by atoms with Gasteiger partial charge in [-0.15, -0.1) is 0 Å². The van der Waals surface area contributed by atoms with Gasteiger partial charge >= 0.3 is 0 Å². The summed E-state index contributed by atoms with van der Waals surface area (Å²) in [6, 6.07) is 5.54. The van der Waals surface area contributed by atoms with Crippen molar-refractivity contribution in [2.24, 2.45) is 13.0 Å². The molecule has 0 spiro atoms. The maximum Gasteiger partial charge on any atom is 0.253 e. The number of benzene rings is 1. The number of carbonyl (C=O) groups excluding carboxylic acids is 2. The zero-order chi connectivity index (χ0) is 18.5. The molecule has 2 aromatic rings. The highest BCUT2D eigenvalue weighted by atomic mass is 16.2. The van der Waals surface area contributed by atoms with Crippen molar-refractivity contribution in [2.75, 3.05) is 18.4 Å². The van der Waals surface area contributed by atoms with Crippen LogP contribution >= 0.6 is 0 Å². The number of hydrogen-bond donors (Lipinski definition) is 1. The first-order valence-corrected chi connectivity index (χ1v) is 9.07. The minimum atomic E-state index is -0.598. The molecular formula is C20H24N4O2. The Labute approximate surface area is 153 Å². The molecular weight excluding hydrogens is 328 g/mol. The van der Waals surface area contributed by atoms with E-state index >= 15 is 0 Å². The van der Waals surface area contributed by atoms with Crippen molar-refractivity contribution in [1.29, 1.82) is 0 Å². The van der Waals surface area contributed by atoms with Gasteiger partial charge in [0.15, 0.2) is 0 Å². The third-order valence-electron chi connectivity index (χ3n) is 5.61. The summed E-state index contributed by atoms with van der Waals surface area (Å²) < 4.78 is 1.81. The van der Waals surface area contributed by atoms with Crippen molar-refractivity contribution >= 4 is 17.5 Å². The Kier molecular flexibility index (Phi) is 3.86. The molecule has 1 N–H and O–H groups in total. The molecule has 1 aromatic carbocycles. The first kappa shape index (κ1) is 16.8. The van der Waals surface area contributed by atoms with Gasteiger partial charge in [0.05, 0.1) is 11.6 Å². The number of likely N-dealkylation sites (tertiary alicyclic amines) is 1. The highest BCUT2D eigenvalue weighted by Gasteiger charge is 2.39. The molecule has 6 heteroatoms. The number of carbonyl (C=O) groups is 2. The summed E-state index contributed by atoms with van der Waals surface area (Å²) in [5.74, 6) is 0.503. The van der Waals surface area contributed by atoms with Gasteiger partial charge in [0.2, 0.25) is 5.91 Å². The van der Waals surface area contributed by atoms with Gasteiger partial charge in [-0.25, -0.2) is 0 Å². The van der Waals surface area contributed by atoms with Crippen LogP contribution in [0.5, 0.6) is 0 Å². The predicted octanol–water partition coefficient (Wildman–Crippen LogP) is 2.35. The molecule has 1 atom stereocenters. The van der Waals surface area contributed by atoms with E-state index in [-0.39, 0.29) is 11.8 Å². The molecule has 0 bridgehead atoms. The monoisotopic (exact) mass is 352 g/mol. The normalized spacial score (nSPS) is 21.0. The minimum absolute atomic E-state index is 0.0187. The van der Waals surface area contributed by atoms with Gasteiger partial charge in [-0.2, -0.15) is 5.10 Å². The van der Waals surface area contributed by atoms with E-state index in [0.717, 1.165) is 37.2 Å². The molecule has 2 aliphatic rings. The van der Waals surface area contributed by atoms with Crippen LogP contribution < -0.4 is 5.32 Å². The van der Waals surface area contributed by atoms with Crippen LogP contribution in [0.25, 0.3) is 0 Å². The van der Waals surface area contributed by atoms with E-state index in [1.54, 1.807) is 0 Å². The Morgan fingerprint density at radius 3 is 2.92 bits per heavy atom. The molecule has 0 aliphatic carbocycles. The van der Waals surface area contributed by atoms with Gasteiger partial charge in [-0.3, -0.25) is 14.3 Å². The molecule has 136 valence electrons. The lowest BCUT2D eigenvalue weighted by molar-refractivity contribution is -0.119. The van der Waals surface area contributed by atoms with Crippen molar-refractivity contribution in [3.63, 3.8) is 0 Å². The van der Waals surface area contributed by atoms with Gasteiger partial charge in [0.1, 0.15) is 0 Å². The topological polar surface area (TPSA) is 67.2 Å². The van der Waals surface area contributed by atoms with Gasteiger partial charge < -0.3 is 10.2 Å². The number of anilines is 1. The molecule has 6 nitrogen and oxygen atoms in total. The number of aryl methyl sites for hydroxylation is 1. The van der Waals surface area contributed by atoms with Crippen molar-refractivity contribution < 1.29 is 9.59 Å². The van der Waals surface area contributed by atoms with Crippen LogP contribution in [0.3, 0.4) is 0 Å². The molecule has 26 heavy (non-hydrogen) atoms. The van der Waals surface area contributed by atoms with E-state index in [1.807, 2.05) is 61.1 Å². The molecule has 1 aromatic heterocycles. The first-order valence-electron chi connectivity index (χ1n) is 9.07. The van der Waals surface area contributed by atoms with Crippen LogP contribution in [0.15, 0.2) is 30.6 Å². The average molecular weight is 352 g/mol. The number of nitrogens with one attached hydrogen (secondary N) is 1. The Morgan fingerprint density at radius 2 is 2.19 bits per heavy atom. The number of rotatable bonds is 3. The van der Waals surface area contributed by atoms with Crippen LogP contribution in [-0.2, 0) is 23.7 Å². The third kappa shape index (κ3) is 2.79. The zero-order valence-corrected chi connectivity index (χ0v) is 15.5. The number of fused-ring (bicyclic) bond motifs is 1. The van der Waals surface area contributed by atoms with E-state index in [0.29, 0.717) is 11.5 Å². The molecule has 2 aliphatic heterocycles. The Bertz CT molecular complexity index is 884. The lowest BCUT2D eigenvalue weighted by atomic mass is 9.85. The number of aromatic nitrogens is 2. The van der Waals surface area contributed by atoms with E-state index < -0.39 is 5.41 Å². The third-order valence-corrected chi connectivity index (χ3v) is 5.61. The lowest BCUT2D eigenvalue weighted by Gasteiger charge is -2.19. The van der Waals surface area contributed by atoms with Crippen molar-refractivity contribution in [1.82, 2.24) is 14.7 Å². The Balaban J connectivity index is 1.47. The Morgan fingerprint density at radius 1 is 1.38 bits per heavy atom. The maximum absolute atomic E-state index is 12.9. The smallest absolute Gasteiger partial charge is 0.253 e. The lowest BCUT2D eigenvalue weighted by Crippen LogP contribution is -2.30. The fourth-order valence-electron chi connectivity index (χ4n) is 3.98. The fourth-order valence-corrected chi connectivity index (χ4v) is 3.98. The number of hydrogen-bond acceptors (Lipinski definition) is 3. The second-order valence-corrected chi connectivity index (χ2v) is 7.97. The van der Waals surface area contributed by atoms with Crippen LogP contribution in [0.2, 0.25) is 0 Å². The summed E-state index contributed by atoms with van der Waals surface area (Å²) in [5, 5.41) is 7.10. The van der Waals surface area contributed by atoms with Crippen molar-refractivity contribution in [2.45, 2.75) is 32.1 Å². The predicted molar refractivity (Wildman–Crippen MR) is 99.0 cm³/mol. The van der Waals surface area contributed by atoms with E-state index in [2.05, 4.69) is 10.4 Å². The maximum atomic E-state index is 12.9. The highest BCUT2D eigenvalue weighted by Crippen LogP contribution is 2.38. The molecule has 2 amide bonds. The fraction of sp³-hybridized carbons (Fsp3) is 0.450. The zero-order valence-electron chi connectivity index (χ0n) is 15.5. The summed E-state index contributed by atoms with van der Waals surface area (Å²) in [5.41, 5.74) is 3.00. The van der Waals surface area contributed by atoms with Crippen LogP contribution in [0.1, 0.15) is 41.8 Å². The van der Waals surface area contributed by atoms with Gasteiger partial charge in [-0.05, 0) is 61.9 Å². The Hall–Kier alpha value is -2.63. The molecule has 1 saturated heterocycles. The average Bonchev–Trinajstić information content (AvgIpc) is 3.28. The van der Waals surface area contributed by atoms with Crippen molar-refractivity contribution in [3.05, 3.63) is 47.3 Å². The van der Waals surface area contributed by atoms with Crippen LogP contribution in [0, 0.1) is 5.92 Å². The largest absolute Gasteiger partial charge is 0.338 e. The summed E-state index contributed by atoms with van der Waals surface area (Å²) in [4.78, 5) is 27.0. The summed E-state index contributed by atoms with van der Waals surface area (Å²) in [6.07, 6.45) is 5.90. The van der Waals surface area contributed by atoms with Crippen LogP contribution in [-0.4, -0.2) is 39.6 Å². The quantitative estimate of drug-likeness (QED) is 0.922. The standard InChI is InChI=1S/C20H24N4O2/c1-20(2)16-9-15(4-5-17(16)22-19(20)26)18(25)24-7-6-13(12-24)8-14-10-21-23(3)11-14/h4-5,9-11,13H,6-8,12H2,1-3H3,(H,22,26). The van der Waals surface area contributed by atoms with Gasteiger partial charge in [0, 0.05) is 37.6 Å². The van der Waals surface area contributed by atoms with Crippen LogP contribution in [0.4, 0.5) is 5.69 Å². The summed E-state index contributed by atoms with van der Waals surface area (Å²) in [6.45, 7) is 5.33. The summed E-state index contributed by atoms with van der Waals surface area (Å²) in [7, 11) is 1.92. The second-order valence-electron chi connectivity index (χ2n) is 7.97. The molecule has 0 radical (unpaired) electrons. The second kappa shape index (κ2) is 5.97. The van der Waals surface area contributed by atoms with E-state index in [1.165, 1.54) is 5.56 Å². The van der Waals surface area contributed by atoms with E-state index in [9.17, 15) is 9.59 Å². The SMILES string of the molecule is Cn1cc(CC2CCN(C(=O)c3ccc4c(c3)C(C)(C)C(=O)N4)C2)cn1. The first-order chi connectivity index (χ1) is 12.3. The van der Waals surface area contributed by atoms with Gasteiger partial charge in [-0.1, -0.05) is 0 Å². The number of nitrogens with zero attached hydrogens (tertiary/aromatic N) is 3. The molecule has 1 fully saturated rings. The molecule has 1 unspecified atom stereocenters. The minimum Gasteiger partial charge on any atom is -0.338 e. The molecule has 3 heterocycles.